The van der Waals surface area contributed by atoms with Gasteiger partial charge in [-0.25, -0.2) is 8.78 Å². The third-order valence-electron chi connectivity index (χ3n) is 1.92. The summed E-state index contributed by atoms with van der Waals surface area (Å²) in [6.45, 7) is 1.09. The lowest BCUT2D eigenvalue weighted by Crippen LogP contribution is -2.04. The highest BCUT2D eigenvalue weighted by molar-refractivity contribution is 5.98. The van der Waals surface area contributed by atoms with Gasteiger partial charge in [0.2, 0.25) is 0 Å². The van der Waals surface area contributed by atoms with Crippen LogP contribution in [0, 0.1) is 0 Å². The van der Waals surface area contributed by atoms with Crippen LogP contribution in [-0.4, -0.2) is 17.2 Å². The van der Waals surface area contributed by atoms with E-state index in [0.717, 1.165) is 19.1 Å². The number of phenols is 1. The quantitative estimate of drug-likeness (QED) is 0.620. The van der Waals surface area contributed by atoms with Crippen LogP contribution in [-0.2, 0) is 0 Å². The standard InChI is InChI=1S/C10H8F2O3/c1-5(14)8-3-7(15)2-6(4-13)9(8)10(11)12/h2-4,10,15H,1H3. The lowest BCUT2D eigenvalue weighted by Gasteiger charge is -2.09. The van der Waals surface area contributed by atoms with Gasteiger partial charge in [0.1, 0.15) is 5.75 Å². The molecule has 0 aromatic heterocycles. The van der Waals surface area contributed by atoms with E-state index in [0.29, 0.717) is 0 Å². The van der Waals surface area contributed by atoms with Gasteiger partial charge in [-0.3, -0.25) is 9.59 Å². The smallest absolute Gasteiger partial charge is 0.265 e. The van der Waals surface area contributed by atoms with E-state index in [2.05, 4.69) is 0 Å². The second kappa shape index (κ2) is 4.16. The molecule has 0 bridgehead atoms. The van der Waals surface area contributed by atoms with E-state index in [9.17, 15) is 18.4 Å². The molecule has 0 amide bonds. The van der Waals surface area contributed by atoms with Crippen LogP contribution in [0.4, 0.5) is 8.78 Å². The van der Waals surface area contributed by atoms with Gasteiger partial charge < -0.3 is 5.11 Å². The van der Waals surface area contributed by atoms with Crippen molar-refractivity contribution in [2.75, 3.05) is 0 Å². The summed E-state index contributed by atoms with van der Waals surface area (Å²) in [5.74, 6) is -1.00. The van der Waals surface area contributed by atoms with E-state index < -0.39 is 17.8 Å². The van der Waals surface area contributed by atoms with Gasteiger partial charge in [0.05, 0.1) is 0 Å². The molecular weight excluding hydrogens is 206 g/mol. The number of hydrogen-bond acceptors (Lipinski definition) is 3. The molecule has 5 heteroatoms. The Bertz CT molecular complexity index is 413. The third kappa shape index (κ3) is 2.18. The number of phenolic OH excluding ortho intramolecular Hbond substituents is 1. The van der Waals surface area contributed by atoms with Crippen LogP contribution in [0.1, 0.15) is 39.6 Å². The molecule has 0 aliphatic carbocycles. The van der Waals surface area contributed by atoms with Gasteiger partial charge in [-0.2, -0.15) is 0 Å². The predicted molar refractivity (Wildman–Crippen MR) is 48.5 cm³/mol. The van der Waals surface area contributed by atoms with Crippen LogP contribution in [0.25, 0.3) is 0 Å². The molecule has 0 heterocycles. The number of halogens is 2. The number of Topliss-reactive ketones (excluding diaryl/α,β-unsaturated/α-hetero) is 1. The Morgan fingerprint density at radius 2 is 2.07 bits per heavy atom. The van der Waals surface area contributed by atoms with Crippen LogP contribution in [0.5, 0.6) is 5.75 Å². The molecule has 0 unspecified atom stereocenters. The molecular formula is C10H8F2O3. The van der Waals surface area contributed by atoms with Gasteiger partial charge >= 0.3 is 0 Å². The van der Waals surface area contributed by atoms with Crippen molar-refractivity contribution in [3.8, 4) is 5.75 Å². The first-order valence-electron chi connectivity index (χ1n) is 4.08. The first kappa shape index (κ1) is 11.3. The number of carbonyl (C=O) groups is 2. The summed E-state index contributed by atoms with van der Waals surface area (Å²) in [5.41, 5.74) is -1.32. The molecule has 1 rings (SSSR count). The zero-order chi connectivity index (χ0) is 11.6. The molecule has 0 radical (unpaired) electrons. The maximum Gasteiger partial charge on any atom is 0.265 e. The molecule has 80 valence electrons. The SMILES string of the molecule is CC(=O)c1cc(O)cc(C=O)c1C(F)F. The van der Waals surface area contributed by atoms with Gasteiger partial charge in [-0.15, -0.1) is 0 Å². The van der Waals surface area contributed by atoms with E-state index >= 15 is 0 Å². The van der Waals surface area contributed by atoms with Crippen molar-refractivity contribution < 1.29 is 23.5 Å². The Balaban J connectivity index is 3.54. The largest absolute Gasteiger partial charge is 0.508 e. The summed E-state index contributed by atoms with van der Waals surface area (Å²) >= 11 is 0. The van der Waals surface area contributed by atoms with Gasteiger partial charge in [0.25, 0.3) is 6.43 Å². The minimum absolute atomic E-state index is 0.188. The summed E-state index contributed by atoms with van der Waals surface area (Å²) in [5, 5.41) is 9.12. The fraction of sp³-hybridized carbons (Fsp3) is 0.200. The molecule has 0 saturated carbocycles. The number of rotatable bonds is 3. The number of aromatic hydroxyl groups is 1. The van der Waals surface area contributed by atoms with Crippen LogP contribution < -0.4 is 0 Å². The number of carbonyl (C=O) groups excluding carboxylic acids is 2. The Morgan fingerprint density at radius 3 is 2.47 bits per heavy atom. The second-order valence-corrected chi connectivity index (χ2v) is 2.97. The molecule has 1 aromatic rings. The summed E-state index contributed by atoms with van der Waals surface area (Å²) in [6.07, 6.45) is -2.74. The highest BCUT2D eigenvalue weighted by atomic mass is 19.3. The molecule has 0 spiro atoms. The Labute approximate surface area is 84.3 Å². The number of aldehydes is 1. The number of benzene rings is 1. The van der Waals surface area contributed by atoms with Gasteiger partial charge in [-0.05, 0) is 19.1 Å². The normalized spacial score (nSPS) is 10.4. The van der Waals surface area contributed by atoms with E-state index in [-0.39, 0.29) is 23.2 Å². The van der Waals surface area contributed by atoms with Crippen LogP contribution in [0.15, 0.2) is 12.1 Å². The van der Waals surface area contributed by atoms with E-state index in [1.54, 1.807) is 0 Å². The lowest BCUT2D eigenvalue weighted by atomic mass is 9.99. The fourth-order valence-corrected chi connectivity index (χ4v) is 1.29. The highest BCUT2D eigenvalue weighted by Crippen LogP contribution is 2.29. The summed E-state index contributed by atoms with van der Waals surface area (Å²) < 4.78 is 25.1. The van der Waals surface area contributed by atoms with Crippen molar-refractivity contribution in [2.24, 2.45) is 0 Å². The number of hydrogen-bond donors (Lipinski definition) is 1. The first-order chi connectivity index (χ1) is 6.97. The molecule has 1 aromatic carbocycles. The second-order valence-electron chi connectivity index (χ2n) is 2.97. The lowest BCUT2D eigenvalue weighted by molar-refractivity contribution is 0.0997. The van der Waals surface area contributed by atoms with Gasteiger partial charge in [-0.1, -0.05) is 0 Å². The topological polar surface area (TPSA) is 54.4 Å². The molecule has 0 aliphatic rings. The van der Waals surface area contributed by atoms with Crippen molar-refractivity contribution in [1.29, 1.82) is 0 Å². The maximum absolute atomic E-state index is 12.6. The van der Waals surface area contributed by atoms with E-state index in [1.165, 1.54) is 0 Å². The van der Waals surface area contributed by atoms with E-state index in [4.69, 9.17) is 5.11 Å². The maximum atomic E-state index is 12.6. The number of alkyl halides is 2. The molecule has 0 fully saturated rings. The third-order valence-corrected chi connectivity index (χ3v) is 1.92. The Kier molecular flexibility index (Phi) is 3.14. The van der Waals surface area contributed by atoms with Crippen molar-refractivity contribution >= 4 is 12.1 Å². The molecule has 0 atom stereocenters. The molecule has 0 aliphatic heterocycles. The van der Waals surface area contributed by atoms with Gasteiger partial charge in [0, 0.05) is 16.7 Å². The first-order valence-corrected chi connectivity index (χ1v) is 4.08. The van der Waals surface area contributed by atoms with Gasteiger partial charge in [0.15, 0.2) is 12.1 Å². The van der Waals surface area contributed by atoms with Crippen molar-refractivity contribution in [1.82, 2.24) is 0 Å². The van der Waals surface area contributed by atoms with Crippen LogP contribution >= 0.6 is 0 Å². The molecule has 15 heavy (non-hydrogen) atoms. The average molecular weight is 214 g/mol. The van der Waals surface area contributed by atoms with E-state index in [1.807, 2.05) is 0 Å². The summed E-state index contributed by atoms with van der Waals surface area (Å²) in [7, 11) is 0. The van der Waals surface area contributed by atoms with Crippen LogP contribution in [0.2, 0.25) is 0 Å². The minimum atomic E-state index is -2.93. The monoisotopic (exact) mass is 214 g/mol. The Morgan fingerprint density at radius 1 is 1.47 bits per heavy atom. The summed E-state index contributed by atoms with van der Waals surface area (Å²) in [4.78, 5) is 21.5. The van der Waals surface area contributed by atoms with Crippen LogP contribution in [0.3, 0.4) is 0 Å². The fourth-order valence-electron chi connectivity index (χ4n) is 1.29. The zero-order valence-electron chi connectivity index (χ0n) is 7.83. The summed E-state index contributed by atoms with van der Waals surface area (Å²) in [6, 6.07) is 1.83. The zero-order valence-corrected chi connectivity index (χ0v) is 7.83. The predicted octanol–water partition coefficient (Wildman–Crippen LogP) is 2.34. The number of ketones is 1. The van der Waals surface area contributed by atoms with Crippen molar-refractivity contribution in [3.05, 3.63) is 28.8 Å². The highest BCUT2D eigenvalue weighted by Gasteiger charge is 2.21. The van der Waals surface area contributed by atoms with Crippen molar-refractivity contribution in [2.45, 2.75) is 13.3 Å². The Hall–Kier alpha value is -1.78. The van der Waals surface area contributed by atoms with Crippen molar-refractivity contribution in [3.63, 3.8) is 0 Å². The average Bonchev–Trinajstić information content (AvgIpc) is 2.15. The minimum Gasteiger partial charge on any atom is -0.508 e. The molecule has 0 saturated heterocycles. The molecule has 1 N–H and O–H groups in total. The molecule has 3 nitrogen and oxygen atoms in total.